The van der Waals surface area contributed by atoms with Crippen LogP contribution in [0, 0.1) is 11.6 Å². The normalized spacial score (nSPS) is 17.5. The molecule has 5 N–H and O–H groups in total. The number of aromatic carboxylic acids is 1. The summed E-state index contributed by atoms with van der Waals surface area (Å²) in [6, 6.07) is 10.4. The number of carboxylic acid groups (broad SMARTS) is 1. The number of likely N-dealkylation sites (tertiary alicyclic amines) is 1. The Labute approximate surface area is 383 Å². The first-order chi connectivity index (χ1) is 32.1. The molecule has 0 aliphatic carbocycles. The number of hydrogen-bond acceptors (Lipinski definition) is 13. The molecule has 0 bridgehead atoms. The van der Waals surface area contributed by atoms with Crippen molar-refractivity contribution in [3.8, 4) is 16.9 Å². The fourth-order valence-corrected chi connectivity index (χ4v) is 9.39. The van der Waals surface area contributed by atoms with Crippen molar-refractivity contribution in [3.63, 3.8) is 0 Å². The molecule has 3 aliphatic heterocycles. The number of amides is 3. The molecule has 5 aromatic rings. The molecule has 19 nitrogen and oxygen atoms in total. The summed E-state index contributed by atoms with van der Waals surface area (Å²) >= 11 is 0. The molecular weight excluding hydrogens is 895 g/mol. The van der Waals surface area contributed by atoms with Crippen LogP contribution in [-0.4, -0.2) is 131 Å². The first-order valence-electron chi connectivity index (χ1n) is 21.8. The van der Waals surface area contributed by atoms with Crippen LogP contribution in [0.5, 0.6) is 5.75 Å². The van der Waals surface area contributed by atoms with Crippen LogP contribution in [-0.2, 0) is 24.6 Å². The van der Waals surface area contributed by atoms with Gasteiger partial charge in [0.15, 0.2) is 11.9 Å². The van der Waals surface area contributed by atoms with E-state index in [0.717, 1.165) is 41.7 Å². The zero-order valence-corrected chi connectivity index (χ0v) is 37.4. The minimum atomic E-state index is -4.26. The Morgan fingerprint density at radius 1 is 0.910 bits per heavy atom. The number of nitrogens with zero attached hydrogens (tertiary/aromatic N) is 6. The maximum absolute atomic E-state index is 15.8. The molecule has 0 saturated carbocycles. The number of nitrogens with one attached hydrogen (secondary N) is 4. The molecule has 67 heavy (non-hydrogen) atoms. The van der Waals surface area contributed by atoms with Crippen LogP contribution in [0.4, 0.5) is 20.3 Å². The van der Waals surface area contributed by atoms with Crippen molar-refractivity contribution >= 4 is 62.2 Å². The van der Waals surface area contributed by atoms with Gasteiger partial charge in [-0.3, -0.25) is 34.2 Å². The Balaban J connectivity index is 0.847. The standard InChI is InChI=1S/C45H48F2N10O9S/c1-3-55(2)67(64,65)54-33-8-6-31(46)39(40(33)47)42(60)38-30-20-27(22-51-43(30)53-41(38)45(62)63)26-4-10-35(50-21-26)56-18-14-28(15-19-56)48-24-37(59)57-16-12-25(13-17-57)32-7-5-29(23-49-32)66-34-9-11-36(58)52-44(34)61/h4-8,10,20-23,25,28,34,48,54H,3,9,11-19,24H2,1-2H3,(H,51,53)(H,62,63)(H,52,58,61). The Morgan fingerprint density at radius 2 is 1.66 bits per heavy atom. The molecule has 3 fully saturated rings. The van der Waals surface area contributed by atoms with E-state index in [0.29, 0.717) is 61.4 Å². The predicted octanol–water partition coefficient (Wildman–Crippen LogP) is 3.98. The molecule has 3 aliphatic rings. The number of benzene rings is 1. The van der Waals surface area contributed by atoms with Crippen LogP contribution in [0.15, 0.2) is 61.1 Å². The van der Waals surface area contributed by atoms with Gasteiger partial charge in [0, 0.05) is 99.2 Å². The van der Waals surface area contributed by atoms with Crippen LogP contribution < -0.4 is 25.0 Å². The summed E-state index contributed by atoms with van der Waals surface area (Å²) in [5.74, 6) is -5.13. The van der Waals surface area contributed by atoms with E-state index < -0.39 is 68.1 Å². The Morgan fingerprint density at radius 3 is 2.31 bits per heavy atom. The Hall–Kier alpha value is -6.91. The molecule has 352 valence electrons. The average molecular weight is 943 g/mol. The summed E-state index contributed by atoms with van der Waals surface area (Å²) < 4.78 is 64.8. The third-order valence-electron chi connectivity index (χ3n) is 12.4. The number of imide groups is 1. The van der Waals surface area contributed by atoms with E-state index in [9.17, 15) is 37.5 Å². The number of carboxylic acids is 1. The highest BCUT2D eigenvalue weighted by molar-refractivity contribution is 7.90. The number of carbonyl (C=O) groups is 5. The fraction of sp³-hybridized carbons (Fsp3) is 0.378. The van der Waals surface area contributed by atoms with Gasteiger partial charge >= 0.3 is 16.2 Å². The lowest BCUT2D eigenvalue weighted by atomic mass is 9.93. The van der Waals surface area contributed by atoms with Gasteiger partial charge in [0.25, 0.3) is 5.91 Å². The zero-order chi connectivity index (χ0) is 47.6. The van der Waals surface area contributed by atoms with Gasteiger partial charge in [0.1, 0.15) is 28.7 Å². The second kappa shape index (κ2) is 19.5. The number of aromatic nitrogens is 4. The average Bonchev–Trinajstić information content (AvgIpc) is 3.72. The molecule has 1 unspecified atom stereocenters. The minimum Gasteiger partial charge on any atom is -0.479 e. The number of ketones is 1. The fourth-order valence-electron chi connectivity index (χ4n) is 8.45. The lowest BCUT2D eigenvalue weighted by molar-refractivity contribution is -0.139. The second-order valence-electron chi connectivity index (χ2n) is 16.6. The summed E-state index contributed by atoms with van der Waals surface area (Å²) in [5, 5.41) is 15.7. The van der Waals surface area contributed by atoms with Crippen LogP contribution in [0.3, 0.4) is 0 Å². The van der Waals surface area contributed by atoms with Crippen molar-refractivity contribution in [2.24, 2.45) is 0 Å². The molecule has 8 rings (SSSR count). The number of ether oxygens (including phenoxy) is 1. The highest BCUT2D eigenvalue weighted by Crippen LogP contribution is 2.33. The van der Waals surface area contributed by atoms with E-state index in [1.807, 2.05) is 21.8 Å². The number of rotatable bonds is 15. The highest BCUT2D eigenvalue weighted by Gasteiger charge is 2.32. The maximum atomic E-state index is 15.8. The SMILES string of the molecule is CCN(C)S(=O)(=O)Nc1ccc(F)c(C(=O)c2c(C(=O)O)[nH]c3ncc(-c4ccc(N5CCC(NCC(=O)N6CCC(c7ccc(OC8CCC(=O)NC8=O)cn7)CC6)CC5)nc4)cc23)c1F. The van der Waals surface area contributed by atoms with E-state index in [2.05, 4.69) is 35.5 Å². The van der Waals surface area contributed by atoms with Crippen molar-refractivity contribution in [2.45, 2.75) is 63.5 Å². The molecule has 3 saturated heterocycles. The number of aromatic amines is 1. The summed E-state index contributed by atoms with van der Waals surface area (Å²) in [7, 11) is -3.02. The molecule has 7 heterocycles. The number of carbonyl (C=O) groups excluding carboxylic acids is 4. The summed E-state index contributed by atoms with van der Waals surface area (Å²) in [6.45, 7) is 4.39. The maximum Gasteiger partial charge on any atom is 0.353 e. The van der Waals surface area contributed by atoms with Crippen molar-refractivity contribution in [1.82, 2.24) is 39.8 Å². The largest absolute Gasteiger partial charge is 0.479 e. The minimum absolute atomic E-state index is 0.0301. The van der Waals surface area contributed by atoms with Gasteiger partial charge in [-0.2, -0.15) is 12.7 Å². The number of H-pyrrole nitrogens is 1. The lowest BCUT2D eigenvalue weighted by Crippen LogP contribution is -2.48. The summed E-state index contributed by atoms with van der Waals surface area (Å²) in [4.78, 5) is 82.9. The summed E-state index contributed by atoms with van der Waals surface area (Å²) in [6.07, 6.45) is 7.54. The Bertz CT molecular complexity index is 2830. The number of halogens is 2. The third kappa shape index (κ3) is 10.1. The molecule has 4 aromatic heterocycles. The lowest BCUT2D eigenvalue weighted by Gasteiger charge is -2.35. The number of pyridine rings is 3. The van der Waals surface area contributed by atoms with Gasteiger partial charge in [0.05, 0.1) is 29.6 Å². The molecule has 0 spiro atoms. The van der Waals surface area contributed by atoms with Crippen molar-refractivity contribution < 1.29 is 51.0 Å². The smallest absolute Gasteiger partial charge is 0.353 e. The number of piperidine rings is 3. The van der Waals surface area contributed by atoms with Crippen LogP contribution in [0.1, 0.15) is 83.5 Å². The van der Waals surface area contributed by atoms with Gasteiger partial charge in [-0.25, -0.2) is 23.5 Å². The van der Waals surface area contributed by atoms with E-state index in [1.165, 1.54) is 19.3 Å². The molecule has 22 heteroatoms. The zero-order valence-electron chi connectivity index (χ0n) is 36.6. The highest BCUT2D eigenvalue weighted by atomic mass is 32.2. The summed E-state index contributed by atoms with van der Waals surface area (Å²) in [5.41, 5.74) is -1.21. The van der Waals surface area contributed by atoms with Gasteiger partial charge in [0.2, 0.25) is 17.6 Å². The predicted molar refractivity (Wildman–Crippen MR) is 240 cm³/mol. The first kappa shape index (κ1) is 46.6. The first-order valence-corrected chi connectivity index (χ1v) is 23.2. The van der Waals surface area contributed by atoms with Crippen LogP contribution in [0.2, 0.25) is 0 Å². The topological polar surface area (TPSA) is 249 Å². The van der Waals surface area contributed by atoms with E-state index in [1.54, 1.807) is 31.5 Å². The number of fused-ring (bicyclic) bond motifs is 1. The van der Waals surface area contributed by atoms with Gasteiger partial charge < -0.3 is 29.9 Å². The quantitative estimate of drug-likeness (QED) is 0.0736. The van der Waals surface area contributed by atoms with Crippen molar-refractivity contribution in [1.29, 1.82) is 0 Å². The molecule has 1 atom stereocenters. The van der Waals surface area contributed by atoms with Crippen LogP contribution >= 0.6 is 0 Å². The Kier molecular flexibility index (Phi) is 13.6. The van der Waals surface area contributed by atoms with Gasteiger partial charge in [-0.15, -0.1) is 0 Å². The van der Waals surface area contributed by atoms with E-state index in [-0.39, 0.29) is 54.3 Å². The van der Waals surface area contributed by atoms with E-state index in [4.69, 9.17) is 4.74 Å². The number of hydrogen-bond donors (Lipinski definition) is 5. The number of anilines is 2. The molecule has 0 radical (unpaired) electrons. The van der Waals surface area contributed by atoms with Crippen molar-refractivity contribution in [3.05, 3.63) is 95.2 Å². The van der Waals surface area contributed by atoms with Gasteiger partial charge in [-0.05, 0) is 68.1 Å². The van der Waals surface area contributed by atoms with Gasteiger partial charge in [-0.1, -0.05) is 6.92 Å². The van der Waals surface area contributed by atoms with Crippen LogP contribution in [0.25, 0.3) is 22.2 Å². The molecule has 1 aromatic carbocycles. The van der Waals surface area contributed by atoms with Crippen molar-refractivity contribution in [2.75, 3.05) is 55.9 Å². The second-order valence-corrected chi connectivity index (χ2v) is 18.4. The molecule has 3 amide bonds. The third-order valence-corrected chi connectivity index (χ3v) is 14.0. The molecular formula is C45H48F2N10O9S. The monoisotopic (exact) mass is 942 g/mol. The van der Waals surface area contributed by atoms with E-state index >= 15 is 8.78 Å².